The number of benzene rings is 1. The van der Waals surface area contributed by atoms with Crippen LogP contribution in [0.4, 0.5) is 0 Å². The van der Waals surface area contributed by atoms with E-state index in [9.17, 15) is 4.79 Å². The molecule has 4 heteroatoms. The Morgan fingerprint density at radius 2 is 2.00 bits per heavy atom. The van der Waals surface area contributed by atoms with E-state index in [1.807, 2.05) is 0 Å². The van der Waals surface area contributed by atoms with Crippen LogP contribution in [0.1, 0.15) is 11.7 Å². The summed E-state index contributed by atoms with van der Waals surface area (Å²) in [5.74, 6) is -0.413. The number of phenols is 2. The number of aldehydes is 1. The SMILES string of the molecule is O=CC(O)c1ccc(O)cc1O. The lowest BCUT2D eigenvalue weighted by Gasteiger charge is -2.05. The lowest BCUT2D eigenvalue weighted by atomic mass is 10.1. The van der Waals surface area contributed by atoms with Crippen molar-refractivity contribution in [3.8, 4) is 11.5 Å². The molecule has 1 aromatic rings. The number of aromatic hydroxyl groups is 2. The minimum atomic E-state index is -1.34. The van der Waals surface area contributed by atoms with Crippen molar-refractivity contribution in [3.05, 3.63) is 23.8 Å². The Labute approximate surface area is 68.7 Å². The Balaban J connectivity index is 3.09. The minimum absolute atomic E-state index is 0.0859. The number of carbonyl (C=O) groups is 1. The van der Waals surface area contributed by atoms with Crippen LogP contribution in [0.2, 0.25) is 0 Å². The highest BCUT2D eigenvalue weighted by Gasteiger charge is 2.10. The summed E-state index contributed by atoms with van der Waals surface area (Å²) in [5, 5.41) is 27.0. The number of carbonyl (C=O) groups excluding carboxylic acids is 1. The van der Waals surface area contributed by atoms with Crippen molar-refractivity contribution in [1.82, 2.24) is 0 Å². The molecule has 0 aromatic heterocycles. The van der Waals surface area contributed by atoms with Crippen LogP contribution in [-0.4, -0.2) is 21.6 Å². The van der Waals surface area contributed by atoms with Gasteiger partial charge in [0, 0.05) is 11.6 Å². The zero-order valence-corrected chi connectivity index (χ0v) is 6.14. The number of aliphatic hydroxyl groups is 1. The molecule has 1 atom stereocenters. The van der Waals surface area contributed by atoms with E-state index in [2.05, 4.69) is 0 Å². The standard InChI is InChI=1S/C8H8O4/c9-4-8(12)6-2-1-5(10)3-7(6)11/h1-4,8,10-12H. The fourth-order valence-corrected chi connectivity index (χ4v) is 0.855. The van der Waals surface area contributed by atoms with Crippen molar-refractivity contribution in [2.24, 2.45) is 0 Å². The average molecular weight is 168 g/mol. The molecule has 3 N–H and O–H groups in total. The zero-order chi connectivity index (χ0) is 9.14. The van der Waals surface area contributed by atoms with E-state index < -0.39 is 6.10 Å². The first-order valence-corrected chi connectivity index (χ1v) is 3.30. The Kier molecular flexibility index (Phi) is 2.30. The number of hydrogen-bond donors (Lipinski definition) is 3. The van der Waals surface area contributed by atoms with Gasteiger partial charge in [-0.15, -0.1) is 0 Å². The van der Waals surface area contributed by atoms with Crippen LogP contribution in [-0.2, 0) is 4.79 Å². The summed E-state index contributed by atoms with van der Waals surface area (Å²) in [6.07, 6.45) is -1.04. The van der Waals surface area contributed by atoms with Crippen molar-refractivity contribution in [2.45, 2.75) is 6.10 Å². The predicted octanol–water partition coefficient (Wildman–Crippen LogP) is 0.330. The second-order valence-electron chi connectivity index (χ2n) is 2.32. The van der Waals surface area contributed by atoms with Gasteiger partial charge in [-0.25, -0.2) is 0 Å². The smallest absolute Gasteiger partial charge is 0.153 e. The molecular weight excluding hydrogens is 160 g/mol. The van der Waals surface area contributed by atoms with Crippen molar-refractivity contribution >= 4 is 6.29 Å². The molecule has 0 saturated carbocycles. The third-order valence-electron chi connectivity index (χ3n) is 1.46. The molecule has 0 aliphatic carbocycles. The van der Waals surface area contributed by atoms with Gasteiger partial charge in [0.1, 0.15) is 17.6 Å². The van der Waals surface area contributed by atoms with E-state index in [1.54, 1.807) is 0 Å². The van der Waals surface area contributed by atoms with Crippen LogP contribution in [0.25, 0.3) is 0 Å². The highest BCUT2D eigenvalue weighted by atomic mass is 16.3. The van der Waals surface area contributed by atoms with E-state index >= 15 is 0 Å². The van der Waals surface area contributed by atoms with Gasteiger partial charge in [-0.2, -0.15) is 0 Å². The largest absolute Gasteiger partial charge is 0.508 e. The van der Waals surface area contributed by atoms with Gasteiger partial charge in [0.2, 0.25) is 0 Å². The molecule has 1 unspecified atom stereocenters. The molecule has 0 fully saturated rings. The second kappa shape index (κ2) is 3.23. The van der Waals surface area contributed by atoms with Crippen molar-refractivity contribution in [3.63, 3.8) is 0 Å². The molecule has 1 aromatic carbocycles. The van der Waals surface area contributed by atoms with E-state index in [0.717, 1.165) is 6.07 Å². The maximum Gasteiger partial charge on any atom is 0.153 e. The summed E-state index contributed by atoms with van der Waals surface area (Å²) >= 11 is 0. The van der Waals surface area contributed by atoms with Crippen molar-refractivity contribution < 1.29 is 20.1 Å². The first-order valence-electron chi connectivity index (χ1n) is 3.30. The Morgan fingerprint density at radius 3 is 2.50 bits per heavy atom. The highest BCUT2D eigenvalue weighted by Crippen LogP contribution is 2.26. The van der Waals surface area contributed by atoms with E-state index in [-0.39, 0.29) is 17.1 Å². The average Bonchev–Trinajstić information content (AvgIpc) is 2.03. The first kappa shape index (κ1) is 8.55. The number of hydrogen-bond acceptors (Lipinski definition) is 4. The fraction of sp³-hybridized carbons (Fsp3) is 0.125. The topological polar surface area (TPSA) is 77.8 Å². The summed E-state index contributed by atoms with van der Waals surface area (Å²) < 4.78 is 0. The molecule has 0 saturated heterocycles. The van der Waals surface area contributed by atoms with E-state index in [4.69, 9.17) is 15.3 Å². The molecule has 0 heterocycles. The van der Waals surface area contributed by atoms with Crippen LogP contribution < -0.4 is 0 Å². The Hall–Kier alpha value is -1.55. The van der Waals surface area contributed by atoms with Gasteiger partial charge in [0.05, 0.1) is 0 Å². The van der Waals surface area contributed by atoms with Crippen LogP contribution in [0, 0.1) is 0 Å². The fourth-order valence-electron chi connectivity index (χ4n) is 0.855. The molecule has 12 heavy (non-hydrogen) atoms. The monoisotopic (exact) mass is 168 g/mol. The van der Waals surface area contributed by atoms with Gasteiger partial charge in [-0.05, 0) is 12.1 Å². The van der Waals surface area contributed by atoms with Crippen molar-refractivity contribution in [2.75, 3.05) is 0 Å². The molecule has 0 bridgehead atoms. The lowest BCUT2D eigenvalue weighted by Crippen LogP contribution is -1.97. The molecule has 1 rings (SSSR count). The van der Waals surface area contributed by atoms with E-state index in [0.29, 0.717) is 6.29 Å². The van der Waals surface area contributed by atoms with E-state index in [1.165, 1.54) is 12.1 Å². The quantitative estimate of drug-likeness (QED) is 0.556. The molecule has 0 radical (unpaired) electrons. The van der Waals surface area contributed by atoms with Crippen LogP contribution >= 0.6 is 0 Å². The zero-order valence-electron chi connectivity index (χ0n) is 6.14. The molecule has 0 aliphatic rings. The summed E-state index contributed by atoms with van der Waals surface area (Å²) in [7, 11) is 0. The van der Waals surface area contributed by atoms with Gasteiger partial charge in [0.15, 0.2) is 6.29 Å². The second-order valence-corrected chi connectivity index (χ2v) is 2.32. The van der Waals surface area contributed by atoms with Crippen LogP contribution in [0.15, 0.2) is 18.2 Å². The summed E-state index contributed by atoms with van der Waals surface area (Å²) in [6, 6.07) is 3.62. The summed E-state index contributed by atoms with van der Waals surface area (Å²) in [4.78, 5) is 10.1. The predicted molar refractivity (Wildman–Crippen MR) is 40.8 cm³/mol. The first-order chi connectivity index (χ1) is 5.65. The van der Waals surface area contributed by atoms with Gasteiger partial charge in [-0.3, -0.25) is 0 Å². The maximum atomic E-state index is 10.1. The number of rotatable bonds is 2. The third-order valence-corrected chi connectivity index (χ3v) is 1.46. The van der Waals surface area contributed by atoms with Crippen LogP contribution in [0.3, 0.4) is 0 Å². The Bertz CT molecular complexity index is 295. The molecular formula is C8H8O4. The summed E-state index contributed by atoms with van der Waals surface area (Å²) in [5.41, 5.74) is 0.0859. The third kappa shape index (κ3) is 1.54. The molecule has 0 spiro atoms. The number of phenolic OH excluding ortho intramolecular Hbond substituents is 2. The maximum absolute atomic E-state index is 10.1. The summed E-state index contributed by atoms with van der Waals surface area (Å²) in [6.45, 7) is 0. The van der Waals surface area contributed by atoms with Crippen molar-refractivity contribution in [1.29, 1.82) is 0 Å². The molecule has 0 amide bonds. The normalized spacial score (nSPS) is 12.4. The van der Waals surface area contributed by atoms with Gasteiger partial charge >= 0.3 is 0 Å². The Morgan fingerprint density at radius 1 is 1.33 bits per heavy atom. The molecule has 0 aliphatic heterocycles. The lowest BCUT2D eigenvalue weighted by molar-refractivity contribution is -0.115. The van der Waals surface area contributed by atoms with Gasteiger partial charge in [0.25, 0.3) is 0 Å². The van der Waals surface area contributed by atoms with Gasteiger partial charge < -0.3 is 20.1 Å². The minimum Gasteiger partial charge on any atom is -0.508 e. The molecule has 64 valence electrons. The van der Waals surface area contributed by atoms with Gasteiger partial charge in [-0.1, -0.05) is 0 Å². The highest BCUT2D eigenvalue weighted by molar-refractivity contribution is 5.62. The number of aliphatic hydroxyl groups excluding tert-OH is 1. The molecule has 4 nitrogen and oxygen atoms in total. The van der Waals surface area contributed by atoms with Crippen LogP contribution in [0.5, 0.6) is 11.5 Å².